The predicted octanol–water partition coefficient (Wildman–Crippen LogP) is 3.03. The van der Waals surface area contributed by atoms with Crippen LogP contribution < -0.4 is 4.90 Å². The molecule has 148 valence electrons. The average Bonchev–Trinajstić information content (AvgIpc) is 3.13. The number of fused-ring (bicyclic) bond motifs is 3. The van der Waals surface area contributed by atoms with E-state index in [0.29, 0.717) is 37.6 Å². The molecule has 5 rings (SSSR count). The molecule has 0 bridgehead atoms. The quantitative estimate of drug-likeness (QED) is 0.516. The van der Waals surface area contributed by atoms with E-state index in [2.05, 4.69) is 14.9 Å². The van der Waals surface area contributed by atoms with E-state index in [4.69, 9.17) is 4.42 Å². The van der Waals surface area contributed by atoms with Crippen LogP contribution >= 0.6 is 0 Å². The highest BCUT2D eigenvalue weighted by Crippen LogP contribution is 2.32. The molecule has 29 heavy (non-hydrogen) atoms. The molecule has 0 saturated carbocycles. The zero-order valence-electron chi connectivity index (χ0n) is 15.7. The predicted molar refractivity (Wildman–Crippen MR) is 112 cm³/mol. The lowest BCUT2D eigenvalue weighted by atomic mass is 10.2. The molecule has 4 aromatic rings. The van der Waals surface area contributed by atoms with Crippen LogP contribution in [0.4, 0.5) is 5.82 Å². The normalized spacial score (nSPS) is 15.9. The SMILES string of the molecule is O=S(=O)(Cc1ccccc1)N1CCN(c2ncnc3c2oc2ccccc23)CC1. The molecule has 0 aliphatic carbocycles. The minimum absolute atomic E-state index is 0.0230. The van der Waals surface area contributed by atoms with E-state index in [1.165, 1.54) is 6.33 Å². The topological polar surface area (TPSA) is 79.5 Å². The van der Waals surface area contributed by atoms with Gasteiger partial charge in [-0.2, -0.15) is 4.31 Å². The van der Waals surface area contributed by atoms with Gasteiger partial charge in [-0.1, -0.05) is 42.5 Å². The van der Waals surface area contributed by atoms with E-state index < -0.39 is 10.0 Å². The van der Waals surface area contributed by atoms with E-state index >= 15 is 0 Å². The minimum atomic E-state index is -3.35. The van der Waals surface area contributed by atoms with E-state index in [-0.39, 0.29) is 5.75 Å². The molecule has 0 atom stereocenters. The minimum Gasteiger partial charge on any atom is -0.450 e. The standard InChI is InChI=1S/C21H20N4O3S/c26-29(27,14-16-6-2-1-3-7-16)25-12-10-24(11-13-25)21-20-19(22-15-23-21)17-8-4-5-9-18(17)28-20/h1-9,15H,10-14H2. The van der Waals surface area contributed by atoms with Crippen LogP contribution in [0.15, 0.2) is 65.3 Å². The van der Waals surface area contributed by atoms with Gasteiger partial charge in [-0.15, -0.1) is 0 Å². The number of anilines is 1. The highest BCUT2D eigenvalue weighted by molar-refractivity contribution is 7.88. The van der Waals surface area contributed by atoms with Crippen molar-refractivity contribution in [2.24, 2.45) is 0 Å². The first-order valence-electron chi connectivity index (χ1n) is 9.51. The summed E-state index contributed by atoms with van der Waals surface area (Å²) in [5.74, 6) is 0.737. The van der Waals surface area contributed by atoms with Gasteiger partial charge in [-0.25, -0.2) is 18.4 Å². The third-order valence-corrected chi connectivity index (χ3v) is 7.11. The Balaban J connectivity index is 1.37. The molecule has 1 saturated heterocycles. The van der Waals surface area contributed by atoms with Crippen molar-refractivity contribution in [3.8, 4) is 0 Å². The smallest absolute Gasteiger partial charge is 0.218 e. The lowest BCUT2D eigenvalue weighted by molar-refractivity contribution is 0.383. The summed E-state index contributed by atoms with van der Waals surface area (Å²) in [4.78, 5) is 10.9. The van der Waals surface area contributed by atoms with Gasteiger partial charge < -0.3 is 9.32 Å². The molecule has 3 heterocycles. The van der Waals surface area contributed by atoms with Crippen molar-refractivity contribution in [2.75, 3.05) is 31.1 Å². The zero-order valence-corrected chi connectivity index (χ0v) is 16.5. The lowest BCUT2D eigenvalue weighted by Gasteiger charge is -2.34. The van der Waals surface area contributed by atoms with Crippen molar-refractivity contribution in [1.29, 1.82) is 0 Å². The molecular weight excluding hydrogens is 388 g/mol. The summed E-state index contributed by atoms with van der Waals surface area (Å²) in [7, 11) is -3.35. The number of furan rings is 1. The highest BCUT2D eigenvalue weighted by Gasteiger charge is 2.29. The average molecular weight is 408 g/mol. The van der Waals surface area contributed by atoms with Gasteiger partial charge in [-0.05, 0) is 17.7 Å². The van der Waals surface area contributed by atoms with Crippen molar-refractivity contribution in [3.05, 3.63) is 66.5 Å². The third kappa shape index (κ3) is 3.34. The van der Waals surface area contributed by atoms with Gasteiger partial charge in [0, 0.05) is 31.6 Å². The van der Waals surface area contributed by atoms with Crippen LogP contribution in [0.3, 0.4) is 0 Å². The van der Waals surface area contributed by atoms with Gasteiger partial charge in [0.2, 0.25) is 10.0 Å². The Kier molecular flexibility index (Phi) is 4.44. The van der Waals surface area contributed by atoms with Crippen molar-refractivity contribution >= 4 is 37.9 Å². The van der Waals surface area contributed by atoms with Gasteiger partial charge in [0.05, 0.1) is 5.75 Å². The molecular formula is C21H20N4O3S. The summed E-state index contributed by atoms with van der Waals surface area (Å²) < 4.78 is 33.2. The van der Waals surface area contributed by atoms with E-state index in [1.54, 1.807) is 4.31 Å². The number of sulfonamides is 1. The maximum absolute atomic E-state index is 12.8. The highest BCUT2D eigenvalue weighted by atomic mass is 32.2. The second kappa shape index (κ2) is 7.13. The summed E-state index contributed by atoms with van der Waals surface area (Å²) in [6.45, 7) is 1.94. The van der Waals surface area contributed by atoms with Crippen LogP contribution in [0, 0.1) is 0 Å². The monoisotopic (exact) mass is 408 g/mol. The number of hydrogen-bond donors (Lipinski definition) is 0. The lowest BCUT2D eigenvalue weighted by Crippen LogP contribution is -2.49. The molecule has 0 radical (unpaired) electrons. The first-order chi connectivity index (χ1) is 14.1. The molecule has 1 aliphatic heterocycles. The Morgan fingerprint density at radius 1 is 0.897 bits per heavy atom. The number of benzene rings is 2. The maximum atomic E-state index is 12.8. The number of para-hydroxylation sites is 1. The number of hydrogen-bond acceptors (Lipinski definition) is 6. The van der Waals surface area contributed by atoms with Crippen molar-refractivity contribution in [1.82, 2.24) is 14.3 Å². The number of nitrogens with zero attached hydrogens (tertiary/aromatic N) is 4. The summed E-state index contributed by atoms with van der Waals surface area (Å²) in [6.07, 6.45) is 1.54. The fourth-order valence-electron chi connectivity index (χ4n) is 3.79. The molecule has 0 spiro atoms. The van der Waals surface area contributed by atoms with Crippen LogP contribution in [0.25, 0.3) is 22.1 Å². The van der Waals surface area contributed by atoms with Crippen LogP contribution in [-0.4, -0.2) is 48.9 Å². The van der Waals surface area contributed by atoms with E-state index in [9.17, 15) is 8.42 Å². The Morgan fingerprint density at radius 2 is 1.62 bits per heavy atom. The summed E-state index contributed by atoms with van der Waals surface area (Å²) in [5, 5.41) is 0.954. The first kappa shape index (κ1) is 18.1. The largest absolute Gasteiger partial charge is 0.450 e. The number of piperazine rings is 1. The molecule has 0 N–H and O–H groups in total. The summed E-state index contributed by atoms with van der Waals surface area (Å²) in [5.41, 5.74) is 3.00. The van der Waals surface area contributed by atoms with E-state index in [1.807, 2.05) is 54.6 Å². The summed E-state index contributed by atoms with van der Waals surface area (Å²) >= 11 is 0. The van der Waals surface area contributed by atoms with Crippen molar-refractivity contribution in [3.63, 3.8) is 0 Å². The third-order valence-electron chi connectivity index (χ3n) is 5.26. The summed E-state index contributed by atoms with van der Waals surface area (Å²) in [6, 6.07) is 17.0. The molecule has 8 heteroatoms. The first-order valence-corrected chi connectivity index (χ1v) is 11.1. The van der Waals surface area contributed by atoms with Crippen LogP contribution in [0.2, 0.25) is 0 Å². The number of rotatable bonds is 4. The second-order valence-electron chi connectivity index (χ2n) is 7.10. The van der Waals surface area contributed by atoms with Crippen molar-refractivity contribution in [2.45, 2.75) is 5.75 Å². The van der Waals surface area contributed by atoms with Gasteiger partial charge in [0.1, 0.15) is 17.4 Å². The van der Waals surface area contributed by atoms with Crippen LogP contribution in [0.5, 0.6) is 0 Å². The fourth-order valence-corrected chi connectivity index (χ4v) is 5.31. The molecule has 0 amide bonds. The Morgan fingerprint density at radius 3 is 2.41 bits per heavy atom. The zero-order chi connectivity index (χ0) is 19.8. The van der Waals surface area contributed by atoms with Crippen LogP contribution in [-0.2, 0) is 15.8 Å². The van der Waals surface area contributed by atoms with Crippen LogP contribution in [0.1, 0.15) is 5.56 Å². The van der Waals surface area contributed by atoms with E-state index in [0.717, 1.165) is 22.0 Å². The number of aromatic nitrogens is 2. The van der Waals surface area contributed by atoms with Gasteiger partial charge in [0.25, 0.3) is 0 Å². The molecule has 1 aliphatic rings. The van der Waals surface area contributed by atoms with Gasteiger partial charge in [-0.3, -0.25) is 0 Å². The Labute approximate surface area is 168 Å². The molecule has 2 aromatic carbocycles. The van der Waals surface area contributed by atoms with Gasteiger partial charge in [0.15, 0.2) is 11.4 Å². The molecule has 7 nitrogen and oxygen atoms in total. The second-order valence-corrected chi connectivity index (χ2v) is 9.07. The molecule has 1 fully saturated rings. The molecule has 0 unspecified atom stereocenters. The molecule has 2 aromatic heterocycles. The maximum Gasteiger partial charge on any atom is 0.218 e. The Hall–Kier alpha value is -2.97. The Bertz CT molecular complexity index is 1260. The van der Waals surface area contributed by atoms with Crippen molar-refractivity contribution < 1.29 is 12.8 Å². The fraction of sp³-hybridized carbons (Fsp3) is 0.238. The van der Waals surface area contributed by atoms with Gasteiger partial charge >= 0.3 is 0 Å².